The van der Waals surface area contributed by atoms with Crippen molar-refractivity contribution in [2.45, 2.75) is 44.7 Å². The molecule has 0 aliphatic carbocycles. The van der Waals surface area contributed by atoms with Gasteiger partial charge < -0.3 is 20.2 Å². The Morgan fingerprint density at radius 1 is 1.00 bits per heavy atom. The topological polar surface area (TPSA) is 90.0 Å². The number of benzene rings is 2. The summed E-state index contributed by atoms with van der Waals surface area (Å²) < 4.78 is 0. The number of carbonyl (C=O) groups is 3. The molecule has 3 amide bonds. The summed E-state index contributed by atoms with van der Waals surface area (Å²) in [5, 5.41) is 15.1. The SMILES string of the molecule is CC(=O)NC1CCN(C(=O)C2CCCN2C(=O)c2ccc3ccccc3c2O)CC1. The molecule has 2 aromatic carbocycles. The van der Waals surface area contributed by atoms with E-state index >= 15 is 0 Å². The lowest BCUT2D eigenvalue weighted by Crippen LogP contribution is -2.52. The largest absolute Gasteiger partial charge is 0.506 e. The van der Waals surface area contributed by atoms with E-state index in [1.807, 2.05) is 24.3 Å². The molecule has 4 rings (SSSR count). The lowest BCUT2D eigenvalue weighted by atomic mass is 10.0. The van der Waals surface area contributed by atoms with E-state index in [9.17, 15) is 19.5 Å². The zero-order chi connectivity index (χ0) is 21.3. The highest BCUT2D eigenvalue weighted by Gasteiger charge is 2.38. The molecule has 0 radical (unpaired) electrons. The Morgan fingerprint density at radius 2 is 1.73 bits per heavy atom. The first-order chi connectivity index (χ1) is 14.5. The Kier molecular flexibility index (Phi) is 5.61. The molecule has 1 atom stereocenters. The van der Waals surface area contributed by atoms with Crippen LogP contribution in [0.5, 0.6) is 5.75 Å². The zero-order valence-electron chi connectivity index (χ0n) is 17.1. The van der Waals surface area contributed by atoms with Gasteiger partial charge in [-0.05, 0) is 37.1 Å². The van der Waals surface area contributed by atoms with Crippen LogP contribution in [0.15, 0.2) is 36.4 Å². The molecule has 1 unspecified atom stereocenters. The van der Waals surface area contributed by atoms with Crippen LogP contribution in [0.2, 0.25) is 0 Å². The number of hydrogen-bond acceptors (Lipinski definition) is 4. The van der Waals surface area contributed by atoms with Crippen LogP contribution in [0.4, 0.5) is 0 Å². The summed E-state index contributed by atoms with van der Waals surface area (Å²) in [6.07, 6.45) is 2.83. The second-order valence-corrected chi connectivity index (χ2v) is 8.14. The molecular weight excluding hydrogens is 382 g/mol. The first-order valence-electron chi connectivity index (χ1n) is 10.5. The number of fused-ring (bicyclic) bond motifs is 1. The molecule has 2 saturated heterocycles. The molecule has 7 nitrogen and oxygen atoms in total. The number of rotatable bonds is 3. The monoisotopic (exact) mass is 409 g/mol. The number of carbonyl (C=O) groups excluding carboxylic acids is 3. The quantitative estimate of drug-likeness (QED) is 0.814. The van der Waals surface area contributed by atoms with Gasteiger partial charge in [0.1, 0.15) is 11.8 Å². The van der Waals surface area contributed by atoms with Crippen LogP contribution in [-0.2, 0) is 9.59 Å². The highest BCUT2D eigenvalue weighted by molar-refractivity contribution is 6.05. The van der Waals surface area contributed by atoms with Crippen molar-refractivity contribution >= 4 is 28.5 Å². The van der Waals surface area contributed by atoms with Gasteiger partial charge in [0.05, 0.1) is 5.56 Å². The Morgan fingerprint density at radius 3 is 2.47 bits per heavy atom. The van der Waals surface area contributed by atoms with E-state index in [1.165, 1.54) is 6.92 Å². The second-order valence-electron chi connectivity index (χ2n) is 8.14. The zero-order valence-corrected chi connectivity index (χ0v) is 17.1. The molecule has 0 saturated carbocycles. The van der Waals surface area contributed by atoms with Gasteiger partial charge in [-0.25, -0.2) is 0 Å². The lowest BCUT2D eigenvalue weighted by Gasteiger charge is -2.35. The van der Waals surface area contributed by atoms with Crippen LogP contribution in [0.25, 0.3) is 10.8 Å². The normalized spacial score (nSPS) is 19.8. The fourth-order valence-corrected chi connectivity index (χ4v) is 4.59. The number of likely N-dealkylation sites (tertiary alicyclic amines) is 2. The summed E-state index contributed by atoms with van der Waals surface area (Å²) in [6.45, 7) is 3.15. The Labute approximate surface area is 175 Å². The van der Waals surface area contributed by atoms with Gasteiger partial charge in [0.2, 0.25) is 11.8 Å². The van der Waals surface area contributed by atoms with Crippen molar-refractivity contribution in [1.29, 1.82) is 0 Å². The van der Waals surface area contributed by atoms with Crippen LogP contribution < -0.4 is 5.32 Å². The maximum Gasteiger partial charge on any atom is 0.258 e. The van der Waals surface area contributed by atoms with Gasteiger partial charge in [-0.2, -0.15) is 0 Å². The molecule has 2 aromatic rings. The van der Waals surface area contributed by atoms with Crippen LogP contribution in [0.1, 0.15) is 43.0 Å². The molecule has 0 bridgehead atoms. The fraction of sp³-hybridized carbons (Fsp3) is 0.435. The molecule has 0 aromatic heterocycles. The van der Waals surface area contributed by atoms with E-state index in [1.54, 1.807) is 21.9 Å². The van der Waals surface area contributed by atoms with Crippen LogP contribution >= 0.6 is 0 Å². The Balaban J connectivity index is 1.48. The number of nitrogens with zero attached hydrogens (tertiary/aromatic N) is 2. The van der Waals surface area contributed by atoms with Crippen LogP contribution in [0.3, 0.4) is 0 Å². The summed E-state index contributed by atoms with van der Waals surface area (Å²) in [7, 11) is 0. The van der Waals surface area contributed by atoms with Crippen LogP contribution in [0, 0.1) is 0 Å². The summed E-state index contributed by atoms with van der Waals surface area (Å²) in [6, 6.07) is 10.4. The molecule has 2 heterocycles. The van der Waals surface area contributed by atoms with Crippen molar-refractivity contribution in [3.63, 3.8) is 0 Å². The van der Waals surface area contributed by atoms with Gasteiger partial charge in [0.25, 0.3) is 5.91 Å². The lowest BCUT2D eigenvalue weighted by molar-refractivity contribution is -0.136. The van der Waals surface area contributed by atoms with Crippen molar-refractivity contribution in [2.75, 3.05) is 19.6 Å². The number of phenols is 1. The van der Waals surface area contributed by atoms with Gasteiger partial charge in [-0.3, -0.25) is 14.4 Å². The van der Waals surface area contributed by atoms with Gasteiger partial charge >= 0.3 is 0 Å². The van der Waals surface area contributed by atoms with Crippen LogP contribution in [-0.4, -0.2) is 64.3 Å². The second kappa shape index (κ2) is 8.34. The first-order valence-corrected chi connectivity index (χ1v) is 10.5. The standard InChI is InChI=1S/C23H27N3O4/c1-15(27)24-17-10-13-25(14-11-17)23(30)20-7-4-12-26(20)22(29)19-9-8-16-5-2-3-6-18(16)21(19)28/h2-3,5-6,8-9,17,20,28H,4,7,10-14H2,1H3,(H,24,27). The third-order valence-electron chi connectivity index (χ3n) is 6.14. The van der Waals surface area contributed by atoms with E-state index in [2.05, 4.69) is 5.32 Å². The van der Waals surface area contributed by atoms with E-state index in [4.69, 9.17) is 0 Å². The minimum atomic E-state index is -0.499. The Hall–Kier alpha value is -3.09. The van der Waals surface area contributed by atoms with E-state index in [-0.39, 0.29) is 35.1 Å². The van der Waals surface area contributed by atoms with E-state index < -0.39 is 6.04 Å². The summed E-state index contributed by atoms with van der Waals surface area (Å²) in [5.74, 6) is -0.431. The number of phenolic OH excluding ortho intramolecular Hbond substituents is 1. The number of aromatic hydroxyl groups is 1. The van der Waals surface area contributed by atoms with E-state index in [0.717, 1.165) is 24.6 Å². The minimum absolute atomic E-state index is 0.0349. The number of amides is 3. The number of nitrogens with one attached hydrogen (secondary N) is 1. The third-order valence-corrected chi connectivity index (χ3v) is 6.14. The first kappa shape index (κ1) is 20.2. The molecule has 30 heavy (non-hydrogen) atoms. The molecule has 0 spiro atoms. The minimum Gasteiger partial charge on any atom is -0.506 e. The maximum atomic E-state index is 13.2. The molecule has 2 fully saturated rings. The average Bonchev–Trinajstić information content (AvgIpc) is 3.23. The molecule has 158 valence electrons. The summed E-state index contributed by atoms with van der Waals surface area (Å²) in [4.78, 5) is 41.0. The number of piperidine rings is 1. The maximum absolute atomic E-state index is 13.2. The molecule has 2 aliphatic heterocycles. The van der Waals surface area contributed by atoms with Crippen molar-refractivity contribution < 1.29 is 19.5 Å². The fourth-order valence-electron chi connectivity index (χ4n) is 4.59. The molecule has 7 heteroatoms. The Bertz CT molecular complexity index is 982. The van der Waals surface area contributed by atoms with Crippen molar-refractivity contribution in [1.82, 2.24) is 15.1 Å². The summed E-state index contributed by atoms with van der Waals surface area (Å²) in [5.41, 5.74) is 0.234. The van der Waals surface area contributed by atoms with Gasteiger partial charge in [-0.15, -0.1) is 0 Å². The van der Waals surface area contributed by atoms with E-state index in [0.29, 0.717) is 31.4 Å². The highest BCUT2D eigenvalue weighted by atomic mass is 16.3. The van der Waals surface area contributed by atoms with Gasteiger partial charge in [0.15, 0.2) is 0 Å². The molecule has 2 N–H and O–H groups in total. The molecule has 2 aliphatic rings. The summed E-state index contributed by atoms with van der Waals surface area (Å²) >= 11 is 0. The van der Waals surface area contributed by atoms with Gasteiger partial charge in [-0.1, -0.05) is 30.3 Å². The third kappa shape index (κ3) is 3.84. The predicted octanol–water partition coefficient (Wildman–Crippen LogP) is 2.28. The number of hydrogen-bond donors (Lipinski definition) is 2. The smallest absolute Gasteiger partial charge is 0.258 e. The van der Waals surface area contributed by atoms with Crippen molar-refractivity contribution in [3.05, 3.63) is 42.0 Å². The van der Waals surface area contributed by atoms with Gasteiger partial charge in [0, 0.05) is 38.0 Å². The highest BCUT2D eigenvalue weighted by Crippen LogP contribution is 2.32. The average molecular weight is 409 g/mol. The van der Waals surface area contributed by atoms with Crippen molar-refractivity contribution in [3.8, 4) is 5.75 Å². The predicted molar refractivity (Wildman–Crippen MR) is 113 cm³/mol. The van der Waals surface area contributed by atoms with Crippen molar-refractivity contribution in [2.24, 2.45) is 0 Å². The molecular formula is C23H27N3O4.